The van der Waals surface area contributed by atoms with Crippen molar-refractivity contribution in [3.8, 4) is 11.5 Å². The number of halogens is 3. The van der Waals surface area contributed by atoms with Gasteiger partial charge in [-0.3, -0.25) is 24.7 Å². The molecule has 18 heteroatoms. The van der Waals surface area contributed by atoms with E-state index < -0.39 is 37.4 Å². The largest absolute Gasteiger partial charge is 0.455 e. The topological polar surface area (TPSA) is 166 Å². The average molecular weight is 958 g/mol. The third-order valence-corrected chi connectivity index (χ3v) is 15.4. The number of aromatic amines is 1. The van der Waals surface area contributed by atoms with Crippen LogP contribution in [0, 0.1) is 15.5 Å². The molecule has 1 amide bonds. The van der Waals surface area contributed by atoms with Crippen LogP contribution in [0.15, 0.2) is 95.7 Å². The first-order chi connectivity index (χ1) is 32.0. The zero-order valence-corrected chi connectivity index (χ0v) is 39.1. The third kappa shape index (κ3) is 10.7. The molecule has 3 N–H and O–H groups in total. The van der Waals surface area contributed by atoms with Crippen molar-refractivity contribution in [3.05, 3.63) is 117 Å². The molecule has 4 heterocycles. The second kappa shape index (κ2) is 18.8. The molecule has 14 nitrogen and oxygen atoms in total. The fourth-order valence-electron chi connectivity index (χ4n) is 10.0. The molecule has 3 aromatic carbocycles. The maximum absolute atomic E-state index is 14.0. The van der Waals surface area contributed by atoms with Gasteiger partial charge in [-0.1, -0.05) is 43.2 Å². The van der Waals surface area contributed by atoms with E-state index in [2.05, 4.69) is 55.8 Å². The van der Waals surface area contributed by atoms with E-state index in [4.69, 9.17) is 16.3 Å². The number of fused-ring (bicyclic) bond motifs is 1. The number of hydrogen-bond acceptors (Lipinski definition) is 11. The molecule has 5 aromatic rings. The van der Waals surface area contributed by atoms with Gasteiger partial charge in [-0.2, -0.15) is 0 Å². The molecule has 2 aromatic heterocycles. The molecule has 3 fully saturated rings. The summed E-state index contributed by atoms with van der Waals surface area (Å²) in [4.78, 5) is 39.1. The van der Waals surface area contributed by atoms with Crippen LogP contribution in [0.5, 0.6) is 11.5 Å². The zero-order valence-electron chi connectivity index (χ0n) is 37.6. The smallest absolute Gasteiger partial charge is 0.293 e. The molecule has 0 radical (unpaired) electrons. The van der Waals surface area contributed by atoms with Crippen LogP contribution < -0.4 is 19.7 Å². The fraction of sp³-hybridized carbons (Fsp3) is 0.429. The number of nitro groups is 1. The summed E-state index contributed by atoms with van der Waals surface area (Å²) in [5.74, 6) is -3.23. The lowest BCUT2D eigenvalue weighted by Gasteiger charge is -2.39. The number of amides is 1. The normalized spacial score (nSPS) is 21.4. The zero-order chi connectivity index (χ0) is 47.1. The van der Waals surface area contributed by atoms with E-state index in [1.54, 1.807) is 24.4 Å². The fourth-order valence-corrected chi connectivity index (χ4v) is 11.2. The maximum Gasteiger partial charge on any atom is 0.293 e. The number of anilines is 2. The van der Waals surface area contributed by atoms with Gasteiger partial charge in [0.1, 0.15) is 22.8 Å². The molecular formula is C49H55ClF2N8O6S. The number of sulfonamides is 1. The van der Waals surface area contributed by atoms with E-state index in [1.807, 2.05) is 23.1 Å². The molecule has 0 unspecified atom stereocenters. The van der Waals surface area contributed by atoms with Gasteiger partial charge in [0.15, 0.2) is 0 Å². The number of carbonyl (C=O) groups is 1. The number of ether oxygens (including phenoxy) is 1. The van der Waals surface area contributed by atoms with Gasteiger partial charge in [-0.25, -0.2) is 26.9 Å². The molecule has 0 bridgehead atoms. The summed E-state index contributed by atoms with van der Waals surface area (Å²) >= 11 is 6.24. The van der Waals surface area contributed by atoms with Crippen LogP contribution in [0.4, 0.5) is 25.8 Å². The molecule has 2 aliphatic carbocycles. The molecule has 9 rings (SSSR count). The van der Waals surface area contributed by atoms with Crippen LogP contribution in [-0.2, 0) is 10.0 Å². The molecule has 354 valence electrons. The SMILES string of the molecule is CC1(C)CCC(CN2CCN(c3ccc(C(=O)NS(=O)(=O)c4ccc(NC5CCC(N6CCC(F)(F)C6)CC5)c([N+](=O)[O-])c4)c(Oc4cnc5[nH]ccc5c4)c3)CC2)=C(c2ccc(Cl)cc2)C1. The van der Waals surface area contributed by atoms with Crippen LogP contribution in [0.2, 0.25) is 5.02 Å². The lowest BCUT2D eigenvalue weighted by Crippen LogP contribution is -2.47. The second-order valence-corrected chi connectivity index (χ2v) is 21.3. The summed E-state index contributed by atoms with van der Waals surface area (Å²) in [6, 6.07) is 20.1. The molecule has 2 aliphatic heterocycles. The number of allylic oxidation sites excluding steroid dienone is 1. The van der Waals surface area contributed by atoms with Gasteiger partial charge in [0.2, 0.25) is 0 Å². The summed E-state index contributed by atoms with van der Waals surface area (Å²) in [6.07, 6.45) is 8.80. The number of aromatic nitrogens is 2. The first-order valence-corrected chi connectivity index (χ1v) is 24.8. The van der Waals surface area contributed by atoms with Crippen molar-refractivity contribution in [2.45, 2.75) is 88.1 Å². The van der Waals surface area contributed by atoms with E-state index in [0.29, 0.717) is 56.7 Å². The van der Waals surface area contributed by atoms with Crippen molar-refractivity contribution < 1.29 is 31.7 Å². The van der Waals surface area contributed by atoms with E-state index in [9.17, 15) is 32.1 Å². The Bertz CT molecular complexity index is 2810. The Balaban J connectivity index is 0.901. The average Bonchev–Trinajstić information content (AvgIpc) is 3.93. The van der Waals surface area contributed by atoms with Crippen LogP contribution in [0.3, 0.4) is 0 Å². The Kier molecular flexibility index (Phi) is 13.1. The number of H-pyrrole nitrogens is 1. The van der Waals surface area contributed by atoms with Gasteiger partial charge in [0.05, 0.1) is 28.1 Å². The van der Waals surface area contributed by atoms with Gasteiger partial charge in [-0.15, -0.1) is 0 Å². The molecule has 2 saturated heterocycles. The van der Waals surface area contributed by atoms with E-state index in [1.165, 1.54) is 41.1 Å². The monoisotopic (exact) mass is 956 g/mol. The van der Waals surface area contributed by atoms with Crippen molar-refractivity contribution in [2.75, 3.05) is 56.0 Å². The van der Waals surface area contributed by atoms with Crippen LogP contribution in [-0.4, -0.2) is 103 Å². The quantitative estimate of drug-likeness (QED) is 0.0760. The predicted molar refractivity (Wildman–Crippen MR) is 256 cm³/mol. The van der Waals surface area contributed by atoms with Crippen molar-refractivity contribution in [1.82, 2.24) is 24.5 Å². The number of likely N-dealkylation sites (tertiary alicyclic amines) is 1. The second-order valence-electron chi connectivity index (χ2n) is 19.2. The highest BCUT2D eigenvalue weighted by Gasteiger charge is 2.42. The summed E-state index contributed by atoms with van der Waals surface area (Å²) in [7, 11) is -4.63. The lowest BCUT2D eigenvalue weighted by molar-refractivity contribution is -0.384. The van der Waals surface area contributed by atoms with Crippen LogP contribution >= 0.6 is 11.6 Å². The molecule has 0 atom stereocenters. The van der Waals surface area contributed by atoms with Crippen LogP contribution in [0.25, 0.3) is 16.6 Å². The highest BCUT2D eigenvalue weighted by Crippen LogP contribution is 2.44. The minimum Gasteiger partial charge on any atom is -0.455 e. The number of nitrogens with zero attached hydrogens (tertiary/aromatic N) is 5. The number of carbonyl (C=O) groups excluding carboxylic acids is 1. The lowest BCUT2D eigenvalue weighted by atomic mass is 9.72. The highest BCUT2D eigenvalue weighted by molar-refractivity contribution is 7.90. The number of benzene rings is 3. The van der Waals surface area contributed by atoms with E-state index >= 15 is 0 Å². The molecular weight excluding hydrogens is 902 g/mol. The number of piperazine rings is 1. The van der Waals surface area contributed by atoms with Gasteiger partial charge in [0.25, 0.3) is 27.5 Å². The third-order valence-electron chi connectivity index (χ3n) is 13.8. The Morgan fingerprint density at radius 1 is 0.970 bits per heavy atom. The number of nitrogens with one attached hydrogen (secondary N) is 3. The van der Waals surface area contributed by atoms with Crippen molar-refractivity contribution in [2.24, 2.45) is 5.41 Å². The Labute approximate surface area is 393 Å². The van der Waals surface area contributed by atoms with Gasteiger partial charge in [-0.05, 0) is 110 Å². The molecule has 67 heavy (non-hydrogen) atoms. The molecule has 1 saturated carbocycles. The maximum atomic E-state index is 14.0. The molecule has 4 aliphatic rings. The molecule has 0 spiro atoms. The first kappa shape index (κ1) is 46.5. The van der Waals surface area contributed by atoms with Gasteiger partial charge >= 0.3 is 0 Å². The van der Waals surface area contributed by atoms with Crippen molar-refractivity contribution in [3.63, 3.8) is 0 Å². The van der Waals surface area contributed by atoms with Gasteiger partial charge in [0, 0.05) is 92.2 Å². The number of nitro benzene ring substituents is 1. The number of hydrogen-bond donors (Lipinski definition) is 3. The van der Waals surface area contributed by atoms with Gasteiger partial charge < -0.3 is 19.9 Å². The van der Waals surface area contributed by atoms with E-state index in [0.717, 1.165) is 61.1 Å². The standard InChI is InChI=1S/C49H55ClF2N8O6S/c1-48(2)17-15-34(42(28-48)32-3-5-35(50)6-4-32)30-57-21-23-58(24-22-57)38-11-13-41(45(26-38)66-39-25-33-16-19-53-46(33)54-29-39)47(61)56-67(64,65)40-12-14-43(44(27-40)60(62)63)55-36-7-9-37(10-8-36)59-20-18-49(51,52)31-59/h3-6,11-14,16,19,25-27,29,36-37,55H,7-10,15,17-18,20-24,28,30-31H2,1-2H3,(H,53,54)(H,56,61). The van der Waals surface area contributed by atoms with Crippen molar-refractivity contribution >= 4 is 61.2 Å². The Morgan fingerprint density at radius 3 is 2.45 bits per heavy atom. The minimum absolute atomic E-state index is 0.0217. The number of pyridine rings is 1. The van der Waals surface area contributed by atoms with Crippen molar-refractivity contribution in [1.29, 1.82) is 0 Å². The number of alkyl halides is 2. The van der Waals surface area contributed by atoms with E-state index in [-0.39, 0.29) is 47.5 Å². The number of rotatable bonds is 13. The Hall–Kier alpha value is -5.62. The Morgan fingerprint density at radius 2 is 1.73 bits per heavy atom. The summed E-state index contributed by atoms with van der Waals surface area (Å²) in [6.45, 7) is 8.63. The summed E-state index contributed by atoms with van der Waals surface area (Å²) in [5, 5.41) is 17.0. The highest BCUT2D eigenvalue weighted by atomic mass is 35.5. The summed E-state index contributed by atoms with van der Waals surface area (Å²) < 4.78 is 63.7. The van der Waals surface area contributed by atoms with Crippen LogP contribution in [0.1, 0.15) is 81.1 Å². The minimum atomic E-state index is -4.63. The summed E-state index contributed by atoms with van der Waals surface area (Å²) in [5.41, 5.74) is 5.30. The predicted octanol–water partition coefficient (Wildman–Crippen LogP) is 9.89. The first-order valence-electron chi connectivity index (χ1n) is 22.9.